The fraction of sp³-hybridized carbons (Fsp3) is 0.889. The topological polar surface area (TPSA) is 122 Å². The van der Waals surface area contributed by atoms with Crippen molar-refractivity contribution in [3.8, 4) is 0 Å². The molecule has 0 heterocycles. The van der Waals surface area contributed by atoms with Gasteiger partial charge in [-0.1, -0.05) is 13.8 Å². The van der Waals surface area contributed by atoms with Crippen LogP contribution in [-0.2, 0) is 14.5 Å². The summed E-state index contributed by atoms with van der Waals surface area (Å²) in [7, 11) is 0. The van der Waals surface area contributed by atoms with Gasteiger partial charge in [0.05, 0.1) is 0 Å². The first-order valence-electron chi connectivity index (χ1n) is 5.39. The number of Topliss-reactive ketones (excluding diaryl/α,β-unsaturated/α-hetero) is 1. The summed E-state index contributed by atoms with van der Waals surface area (Å²) in [6.45, 7) is 4.67. The van der Waals surface area contributed by atoms with E-state index in [1.807, 2.05) is 0 Å². The van der Waals surface area contributed by atoms with E-state index in [1.54, 1.807) is 13.8 Å². The van der Waals surface area contributed by atoms with Gasteiger partial charge >= 0.3 is 0 Å². The Bertz CT molecular complexity index is 318. The van der Waals surface area contributed by atoms with E-state index in [9.17, 15) is 25.0 Å². The van der Waals surface area contributed by atoms with Crippen LogP contribution in [0.3, 0.4) is 0 Å². The van der Waals surface area contributed by atoms with Crippen LogP contribution in [0.25, 0.3) is 0 Å². The molecule has 0 aliphatic heterocycles. The SMILES string of the molecule is CC(C)C(=O)CC[C@@H](O[N+](=O)[O-])[C@@H](C)O[N+](=O)[O-]. The van der Waals surface area contributed by atoms with E-state index in [1.165, 1.54) is 6.92 Å². The molecule has 9 heteroatoms. The van der Waals surface area contributed by atoms with Crippen LogP contribution in [0, 0.1) is 26.1 Å². The second-order valence-electron chi connectivity index (χ2n) is 4.06. The molecule has 0 aromatic heterocycles. The molecule has 0 rings (SSSR count). The Balaban J connectivity index is 4.43. The van der Waals surface area contributed by atoms with Crippen LogP contribution in [0.4, 0.5) is 0 Å². The first kappa shape index (κ1) is 16.1. The minimum absolute atomic E-state index is 0.00694. The highest BCUT2D eigenvalue weighted by Crippen LogP contribution is 2.13. The summed E-state index contributed by atoms with van der Waals surface area (Å²) in [5.41, 5.74) is 0. The molecular formula is C9H16N2O7. The smallest absolute Gasteiger partial charge is 0.294 e. The minimum Gasteiger partial charge on any atom is -0.309 e. The molecular weight excluding hydrogens is 248 g/mol. The van der Waals surface area contributed by atoms with Crippen molar-refractivity contribution in [3.63, 3.8) is 0 Å². The van der Waals surface area contributed by atoms with Crippen molar-refractivity contribution in [3.05, 3.63) is 20.2 Å². The summed E-state index contributed by atoms with van der Waals surface area (Å²) < 4.78 is 0. The average Bonchev–Trinajstić information content (AvgIpc) is 2.21. The summed E-state index contributed by atoms with van der Waals surface area (Å²) in [6.07, 6.45) is -2.23. The Labute approximate surface area is 103 Å². The fourth-order valence-electron chi connectivity index (χ4n) is 1.26. The fourth-order valence-corrected chi connectivity index (χ4v) is 1.26. The van der Waals surface area contributed by atoms with Crippen LogP contribution >= 0.6 is 0 Å². The summed E-state index contributed by atoms with van der Waals surface area (Å²) in [5.74, 6) is -0.298. The maximum absolute atomic E-state index is 11.4. The number of carbonyl (C=O) groups is 1. The van der Waals surface area contributed by atoms with Gasteiger partial charge in [-0.25, -0.2) is 0 Å². The Morgan fingerprint density at radius 2 is 1.61 bits per heavy atom. The van der Waals surface area contributed by atoms with Crippen LogP contribution in [0.2, 0.25) is 0 Å². The molecule has 0 aromatic carbocycles. The predicted octanol–water partition coefficient (Wildman–Crippen LogP) is 1.17. The first-order valence-corrected chi connectivity index (χ1v) is 5.39. The zero-order valence-electron chi connectivity index (χ0n) is 10.4. The quantitative estimate of drug-likeness (QED) is 0.452. The molecule has 0 aliphatic rings. The molecule has 0 radical (unpaired) electrons. The Hall–Kier alpha value is -1.93. The van der Waals surface area contributed by atoms with E-state index >= 15 is 0 Å². The van der Waals surface area contributed by atoms with Crippen LogP contribution in [-0.4, -0.2) is 28.2 Å². The lowest BCUT2D eigenvalue weighted by Crippen LogP contribution is -2.33. The molecule has 0 aliphatic carbocycles. The third-order valence-electron chi connectivity index (χ3n) is 2.32. The normalized spacial score (nSPS) is 13.8. The molecule has 0 amide bonds. The third-order valence-corrected chi connectivity index (χ3v) is 2.32. The van der Waals surface area contributed by atoms with E-state index in [4.69, 9.17) is 0 Å². The Morgan fingerprint density at radius 3 is 2.00 bits per heavy atom. The highest BCUT2D eigenvalue weighted by Gasteiger charge is 2.25. The Kier molecular flexibility index (Phi) is 6.61. The Morgan fingerprint density at radius 1 is 1.11 bits per heavy atom. The number of nitrogens with zero attached hydrogens (tertiary/aromatic N) is 2. The molecule has 104 valence electrons. The van der Waals surface area contributed by atoms with Crippen LogP contribution in [0.15, 0.2) is 0 Å². The van der Waals surface area contributed by atoms with E-state index in [2.05, 4.69) is 9.68 Å². The zero-order valence-corrected chi connectivity index (χ0v) is 10.4. The van der Waals surface area contributed by atoms with Crippen molar-refractivity contribution >= 4 is 5.78 Å². The zero-order chi connectivity index (χ0) is 14.3. The van der Waals surface area contributed by atoms with Gasteiger partial charge in [-0.3, -0.25) is 4.79 Å². The van der Waals surface area contributed by atoms with Gasteiger partial charge in [0.25, 0.3) is 10.2 Å². The second kappa shape index (κ2) is 7.41. The summed E-state index contributed by atoms with van der Waals surface area (Å²) >= 11 is 0. The second-order valence-corrected chi connectivity index (χ2v) is 4.06. The molecule has 0 N–H and O–H groups in total. The van der Waals surface area contributed by atoms with Crippen molar-refractivity contribution in [2.24, 2.45) is 5.92 Å². The predicted molar refractivity (Wildman–Crippen MR) is 58.5 cm³/mol. The van der Waals surface area contributed by atoms with Gasteiger partial charge in [0, 0.05) is 12.3 Å². The lowest BCUT2D eigenvalue weighted by atomic mass is 10.0. The highest BCUT2D eigenvalue weighted by atomic mass is 17.0. The lowest BCUT2D eigenvalue weighted by Gasteiger charge is -2.20. The maximum Gasteiger partial charge on any atom is 0.294 e. The third kappa shape index (κ3) is 6.61. The van der Waals surface area contributed by atoms with Gasteiger partial charge < -0.3 is 9.68 Å². The maximum atomic E-state index is 11.4. The number of ketones is 1. The molecule has 0 saturated carbocycles. The minimum atomic E-state index is -1.15. The lowest BCUT2D eigenvalue weighted by molar-refractivity contribution is -0.798. The highest BCUT2D eigenvalue weighted by molar-refractivity contribution is 5.80. The molecule has 18 heavy (non-hydrogen) atoms. The van der Waals surface area contributed by atoms with Crippen LogP contribution in [0.1, 0.15) is 33.6 Å². The average molecular weight is 264 g/mol. The molecule has 0 fully saturated rings. The van der Waals surface area contributed by atoms with Gasteiger partial charge in [0.1, 0.15) is 18.0 Å². The van der Waals surface area contributed by atoms with Gasteiger partial charge in [-0.05, 0) is 13.3 Å². The van der Waals surface area contributed by atoms with Crippen molar-refractivity contribution in [2.45, 2.75) is 45.8 Å². The number of carbonyl (C=O) groups excluding carboxylic acids is 1. The molecule has 0 spiro atoms. The molecule has 0 saturated heterocycles. The summed E-state index contributed by atoms with van der Waals surface area (Å²) in [5, 5.41) is 18.3. The van der Waals surface area contributed by atoms with E-state index in [0.29, 0.717) is 0 Å². The van der Waals surface area contributed by atoms with Crippen molar-refractivity contribution < 1.29 is 24.6 Å². The largest absolute Gasteiger partial charge is 0.309 e. The molecule has 0 bridgehead atoms. The molecule has 0 aromatic rings. The van der Waals surface area contributed by atoms with E-state index in [-0.39, 0.29) is 24.5 Å². The molecule has 9 nitrogen and oxygen atoms in total. The van der Waals surface area contributed by atoms with E-state index < -0.39 is 22.4 Å². The molecule has 2 atom stereocenters. The van der Waals surface area contributed by atoms with Crippen molar-refractivity contribution in [1.82, 2.24) is 0 Å². The number of rotatable bonds is 9. The molecule has 0 unspecified atom stereocenters. The van der Waals surface area contributed by atoms with Gasteiger partial charge in [0.2, 0.25) is 0 Å². The van der Waals surface area contributed by atoms with Gasteiger partial charge in [-0.15, -0.1) is 20.2 Å². The summed E-state index contributed by atoms with van der Waals surface area (Å²) in [4.78, 5) is 40.2. The van der Waals surface area contributed by atoms with Crippen molar-refractivity contribution in [2.75, 3.05) is 0 Å². The number of hydrogen-bond acceptors (Lipinski definition) is 7. The van der Waals surface area contributed by atoms with Gasteiger partial charge in [-0.2, -0.15) is 0 Å². The first-order chi connectivity index (χ1) is 8.23. The monoisotopic (exact) mass is 264 g/mol. The van der Waals surface area contributed by atoms with Crippen LogP contribution < -0.4 is 0 Å². The number of hydrogen-bond donors (Lipinski definition) is 0. The van der Waals surface area contributed by atoms with Crippen molar-refractivity contribution in [1.29, 1.82) is 0 Å². The van der Waals surface area contributed by atoms with Crippen LogP contribution in [0.5, 0.6) is 0 Å². The summed E-state index contributed by atoms with van der Waals surface area (Å²) in [6, 6.07) is 0. The van der Waals surface area contributed by atoms with Gasteiger partial charge in [0.15, 0.2) is 0 Å². The van der Waals surface area contributed by atoms with E-state index in [0.717, 1.165) is 0 Å². The standard InChI is InChI=1S/C9H16N2O7/c1-6(2)8(12)4-5-9(18-11(15)16)7(3)17-10(13)14/h6-7,9H,4-5H2,1-3H3/t7-,9-/m1/s1.